The van der Waals surface area contributed by atoms with Gasteiger partial charge >= 0.3 is 5.97 Å². The molecule has 2 aromatic carbocycles. The van der Waals surface area contributed by atoms with Crippen LogP contribution in [0.15, 0.2) is 42.5 Å². The van der Waals surface area contributed by atoms with Crippen LogP contribution in [0.3, 0.4) is 0 Å². The largest absolute Gasteiger partial charge is 0.462 e. The van der Waals surface area contributed by atoms with Crippen LogP contribution in [0.5, 0.6) is 0 Å². The normalized spacial score (nSPS) is 10.1. The number of nitrogens with one attached hydrogen (secondary N) is 1. The Morgan fingerprint density at radius 2 is 1.96 bits per heavy atom. The molecule has 0 unspecified atom stereocenters. The van der Waals surface area contributed by atoms with Crippen LogP contribution in [-0.4, -0.2) is 23.4 Å². The number of hydrogen-bond acceptors (Lipinski definition) is 5. The van der Waals surface area contributed by atoms with E-state index in [1.54, 1.807) is 25.1 Å². The lowest BCUT2D eigenvalue weighted by molar-refractivity contribution is -0.384. The zero-order chi connectivity index (χ0) is 17.7. The smallest absolute Gasteiger partial charge is 0.338 e. The summed E-state index contributed by atoms with van der Waals surface area (Å²) in [5.74, 6) is -1.06. The Morgan fingerprint density at radius 3 is 2.62 bits per heavy atom. The fourth-order valence-corrected chi connectivity index (χ4v) is 2.12. The number of ether oxygens (including phenoxy) is 1. The van der Waals surface area contributed by atoms with Crippen LogP contribution in [0.25, 0.3) is 0 Å². The summed E-state index contributed by atoms with van der Waals surface area (Å²) >= 11 is 5.72. The molecule has 0 spiro atoms. The van der Waals surface area contributed by atoms with Crippen molar-refractivity contribution in [3.63, 3.8) is 0 Å². The minimum atomic E-state index is -0.666. The number of nitrogens with zero attached hydrogens (tertiary/aromatic N) is 1. The van der Waals surface area contributed by atoms with E-state index in [-0.39, 0.29) is 28.4 Å². The second-order valence-electron chi connectivity index (χ2n) is 4.68. The summed E-state index contributed by atoms with van der Waals surface area (Å²) in [6.45, 7) is 1.93. The molecular formula is C16H13ClN2O5. The Kier molecular flexibility index (Phi) is 5.49. The van der Waals surface area contributed by atoms with Gasteiger partial charge in [-0.1, -0.05) is 17.7 Å². The Bertz CT molecular complexity index is 807. The number of amides is 1. The summed E-state index contributed by atoms with van der Waals surface area (Å²) in [7, 11) is 0. The number of esters is 1. The number of carbonyl (C=O) groups excluding carboxylic acids is 2. The Morgan fingerprint density at radius 1 is 1.21 bits per heavy atom. The molecule has 0 fully saturated rings. The Labute approximate surface area is 142 Å². The van der Waals surface area contributed by atoms with E-state index >= 15 is 0 Å². The fraction of sp³-hybridized carbons (Fsp3) is 0.125. The molecule has 0 heterocycles. The molecule has 0 aliphatic heterocycles. The molecule has 2 aromatic rings. The lowest BCUT2D eigenvalue weighted by Crippen LogP contribution is -2.13. The first-order valence-electron chi connectivity index (χ1n) is 6.95. The molecule has 7 nitrogen and oxygen atoms in total. The van der Waals surface area contributed by atoms with Gasteiger partial charge in [-0.05, 0) is 37.3 Å². The van der Waals surface area contributed by atoms with E-state index in [0.29, 0.717) is 5.69 Å². The zero-order valence-corrected chi connectivity index (χ0v) is 13.4. The van der Waals surface area contributed by atoms with Crippen molar-refractivity contribution in [2.75, 3.05) is 11.9 Å². The van der Waals surface area contributed by atoms with E-state index in [1.807, 2.05) is 0 Å². The quantitative estimate of drug-likeness (QED) is 0.505. The molecule has 0 atom stereocenters. The molecule has 2 rings (SSSR count). The van der Waals surface area contributed by atoms with Crippen molar-refractivity contribution in [3.8, 4) is 0 Å². The number of rotatable bonds is 5. The predicted molar refractivity (Wildman–Crippen MR) is 88.5 cm³/mol. The van der Waals surface area contributed by atoms with Crippen LogP contribution in [0, 0.1) is 10.1 Å². The van der Waals surface area contributed by atoms with E-state index in [4.69, 9.17) is 16.3 Å². The molecule has 0 radical (unpaired) electrons. The summed E-state index contributed by atoms with van der Waals surface area (Å²) in [5, 5.41) is 13.4. The number of carbonyl (C=O) groups is 2. The molecule has 124 valence electrons. The van der Waals surface area contributed by atoms with Crippen molar-refractivity contribution < 1.29 is 19.2 Å². The molecule has 0 aliphatic carbocycles. The molecule has 8 heteroatoms. The van der Waals surface area contributed by atoms with Crippen LogP contribution in [-0.2, 0) is 4.74 Å². The second-order valence-corrected chi connectivity index (χ2v) is 5.09. The van der Waals surface area contributed by atoms with Gasteiger partial charge in [-0.15, -0.1) is 0 Å². The Hall–Kier alpha value is -2.93. The topological polar surface area (TPSA) is 98.5 Å². The van der Waals surface area contributed by atoms with Crippen LogP contribution in [0.1, 0.15) is 27.6 Å². The maximum atomic E-state index is 12.2. The highest BCUT2D eigenvalue weighted by molar-refractivity contribution is 6.32. The number of anilines is 1. The SMILES string of the molecule is CCOC(=O)c1cccc(NC(=O)c2ccc(Cl)c([N+](=O)[O-])c2)c1. The second kappa shape index (κ2) is 7.56. The van der Waals surface area contributed by atoms with Gasteiger partial charge < -0.3 is 10.1 Å². The van der Waals surface area contributed by atoms with Gasteiger partial charge in [-0.2, -0.15) is 0 Å². The van der Waals surface area contributed by atoms with Gasteiger partial charge in [0.2, 0.25) is 0 Å². The highest BCUT2D eigenvalue weighted by Gasteiger charge is 2.16. The first-order valence-corrected chi connectivity index (χ1v) is 7.32. The van der Waals surface area contributed by atoms with Gasteiger partial charge in [0.05, 0.1) is 17.1 Å². The van der Waals surface area contributed by atoms with Crippen molar-refractivity contribution in [1.82, 2.24) is 0 Å². The Balaban J connectivity index is 2.21. The minimum Gasteiger partial charge on any atom is -0.462 e. The first kappa shape index (κ1) is 17.4. The minimum absolute atomic E-state index is 0.0548. The lowest BCUT2D eigenvalue weighted by atomic mass is 10.1. The van der Waals surface area contributed by atoms with Gasteiger partial charge in [0.25, 0.3) is 11.6 Å². The van der Waals surface area contributed by atoms with Crippen LogP contribution in [0.4, 0.5) is 11.4 Å². The summed E-state index contributed by atoms with van der Waals surface area (Å²) in [5.41, 5.74) is 0.372. The number of benzene rings is 2. The van der Waals surface area contributed by atoms with E-state index < -0.39 is 16.8 Å². The van der Waals surface area contributed by atoms with Crippen LogP contribution >= 0.6 is 11.6 Å². The van der Waals surface area contributed by atoms with Crippen molar-refractivity contribution in [2.24, 2.45) is 0 Å². The van der Waals surface area contributed by atoms with Crippen molar-refractivity contribution >= 4 is 34.9 Å². The molecular weight excluding hydrogens is 336 g/mol. The molecule has 1 amide bonds. The monoisotopic (exact) mass is 348 g/mol. The van der Waals surface area contributed by atoms with Crippen molar-refractivity contribution in [2.45, 2.75) is 6.92 Å². The highest BCUT2D eigenvalue weighted by Crippen LogP contribution is 2.25. The summed E-state index contributed by atoms with van der Waals surface area (Å²) in [6, 6.07) is 9.94. The van der Waals surface area contributed by atoms with Gasteiger partial charge in [0, 0.05) is 17.3 Å². The molecule has 0 bridgehead atoms. The first-order chi connectivity index (χ1) is 11.4. The maximum absolute atomic E-state index is 12.2. The van der Waals surface area contributed by atoms with E-state index in [2.05, 4.69) is 5.32 Å². The summed E-state index contributed by atoms with van der Waals surface area (Å²) < 4.78 is 4.89. The van der Waals surface area contributed by atoms with E-state index in [9.17, 15) is 19.7 Å². The van der Waals surface area contributed by atoms with Crippen molar-refractivity contribution in [1.29, 1.82) is 0 Å². The van der Waals surface area contributed by atoms with Crippen LogP contribution in [0.2, 0.25) is 5.02 Å². The van der Waals surface area contributed by atoms with Gasteiger partial charge in [-0.3, -0.25) is 14.9 Å². The maximum Gasteiger partial charge on any atom is 0.338 e. The zero-order valence-electron chi connectivity index (χ0n) is 12.6. The third kappa shape index (κ3) is 4.08. The molecule has 0 aromatic heterocycles. The molecule has 0 saturated carbocycles. The molecule has 0 saturated heterocycles. The predicted octanol–water partition coefficient (Wildman–Crippen LogP) is 3.68. The molecule has 1 N–H and O–H groups in total. The standard InChI is InChI=1S/C16H13ClN2O5/c1-2-24-16(21)11-4-3-5-12(8-11)18-15(20)10-6-7-13(17)14(9-10)19(22)23/h3-9H,2H2,1H3,(H,18,20). The molecule has 24 heavy (non-hydrogen) atoms. The number of halogens is 1. The third-order valence-electron chi connectivity index (χ3n) is 3.04. The van der Waals surface area contributed by atoms with E-state index in [0.717, 1.165) is 6.07 Å². The van der Waals surface area contributed by atoms with Gasteiger partial charge in [0.1, 0.15) is 5.02 Å². The number of nitro groups is 1. The van der Waals surface area contributed by atoms with E-state index in [1.165, 1.54) is 18.2 Å². The number of nitro benzene ring substituents is 1. The van der Waals surface area contributed by atoms with Gasteiger partial charge in [0.15, 0.2) is 0 Å². The summed E-state index contributed by atoms with van der Waals surface area (Å²) in [4.78, 5) is 34.1. The van der Waals surface area contributed by atoms with Crippen LogP contribution < -0.4 is 5.32 Å². The van der Waals surface area contributed by atoms with Crippen molar-refractivity contribution in [3.05, 3.63) is 68.7 Å². The van der Waals surface area contributed by atoms with Gasteiger partial charge in [-0.25, -0.2) is 4.79 Å². The average Bonchev–Trinajstić information content (AvgIpc) is 2.55. The highest BCUT2D eigenvalue weighted by atomic mass is 35.5. The lowest BCUT2D eigenvalue weighted by Gasteiger charge is -2.07. The number of hydrogen-bond donors (Lipinski definition) is 1. The average molecular weight is 349 g/mol. The summed E-state index contributed by atoms with van der Waals surface area (Å²) in [6.07, 6.45) is 0. The fourth-order valence-electron chi connectivity index (χ4n) is 1.94. The third-order valence-corrected chi connectivity index (χ3v) is 3.36. The molecule has 0 aliphatic rings.